The lowest BCUT2D eigenvalue weighted by Gasteiger charge is -2.06. The summed E-state index contributed by atoms with van der Waals surface area (Å²) in [5.74, 6) is -0.102. The van der Waals surface area contributed by atoms with Crippen molar-refractivity contribution in [2.75, 3.05) is 12.4 Å². The molecular weight excluding hydrogens is 246 g/mol. The molecule has 6 nitrogen and oxygen atoms in total. The minimum absolute atomic E-state index is 0.222. The number of carboxylic acid groups (broad SMARTS) is 1. The molecule has 2 aromatic rings. The minimum atomic E-state index is -1.15. The number of ether oxygens (including phenoxy) is 1. The molecule has 2 N–H and O–H groups in total. The first-order valence-corrected chi connectivity index (χ1v) is 5.62. The number of benzene rings is 1. The highest BCUT2D eigenvalue weighted by Gasteiger charge is 2.06. The van der Waals surface area contributed by atoms with E-state index in [1.165, 1.54) is 6.20 Å². The Balaban J connectivity index is 2.01. The van der Waals surface area contributed by atoms with Crippen molar-refractivity contribution >= 4 is 11.8 Å². The third kappa shape index (κ3) is 3.41. The van der Waals surface area contributed by atoms with Crippen LogP contribution in [0.4, 0.5) is 5.82 Å². The third-order valence-electron chi connectivity index (χ3n) is 2.48. The third-order valence-corrected chi connectivity index (χ3v) is 2.48. The number of hydrogen-bond donors (Lipinski definition) is 2. The number of anilines is 1. The van der Waals surface area contributed by atoms with Gasteiger partial charge < -0.3 is 15.2 Å². The maximum atomic E-state index is 10.7. The monoisotopic (exact) mass is 259 g/mol. The fourth-order valence-corrected chi connectivity index (χ4v) is 1.50. The van der Waals surface area contributed by atoms with Crippen molar-refractivity contribution in [3.05, 3.63) is 47.9 Å². The van der Waals surface area contributed by atoms with Crippen LogP contribution in [0.5, 0.6) is 5.75 Å². The summed E-state index contributed by atoms with van der Waals surface area (Å²) in [5, 5.41) is 11.8. The SMILES string of the molecule is COc1ccc(CNc2ccnc(C(=O)O)n2)cc1. The van der Waals surface area contributed by atoms with Crippen molar-refractivity contribution in [1.82, 2.24) is 9.97 Å². The van der Waals surface area contributed by atoms with Crippen LogP contribution in [0.1, 0.15) is 16.2 Å². The van der Waals surface area contributed by atoms with Crippen LogP contribution in [0.2, 0.25) is 0 Å². The number of nitrogens with zero attached hydrogens (tertiary/aromatic N) is 2. The predicted octanol–water partition coefficient (Wildman–Crippen LogP) is 1.80. The van der Waals surface area contributed by atoms with E-state index >= 15 is 0 Å². The van der Waals surface area contributed by atoms with E-state index in [0.717, 1.165) is 11.3 Å². The molecule has 0 fully saturated rings. The highest BCUT2D eigenvalue weighted by Crippen LogP contribution is 2.12. The number of aromatic carboxylic acids is 1. The molecule has 0 unspecified atom stereocenters. The molecule has 1 aromatic carbocycles. The molecule has 0 radical (unpaired) electrons. The van der Waals surface area contributed by atoms with Crippen LogP contribution in [0.15, 0.2) is 36.5 Å². The zero-order valence-corrected chi connectivity index (χ0v) is 10.3. The summed E-state index contributed by atoms with van der Waals surface area (Å²) in [7, 11) is 1.61. The van der Waals surface area contributed by atoms with Crippen molar-refractivity contribution in [2.45, 2.75) is 6.54 Å². The predicted molar refractivity (Wildman–Crippen MR) is 69.3 cm³/mol. The molecule has 0 saturated carbocycles. The Kier molecular flexibility index (Phi) is 3.92. The van der Waals surface area contributed by atoms with Gasteiger partial charge in [0.2, 0.25) is 5.82 Å². The molecule has 0 amide bonds. The average Bonchev–Trinajstić information content (AvgIpc) is 2.46. The van der Waals surface area contributed by atoms with Gasteiger partial charge in [-0.2, -0.15) is 0 Å². The van der Waals surface area contributed by atoms with Gasteiger partial charge >= 0.3 is 5.97 Å². The molecule has 19 heavy (non-hydrogen) atoms. The van der Waals surface area contributed by atoms with E-state index in [4.69, 9.17) is 9.84 Å². The van der Waals surface area contributed by atoms with Gasteiger partial charge in [0.25, 0.3) is 0 Å². The molecule has 6 heteroatoms. The Morgan fingerprint density at radius 2 is 2.05 bits per heavy atom. The molecule has 1 heterocycles. The van der Waals surface area contributed by atoms with Crippen molar-refractivity contribution in [3.8, 4) is 5.75 Å². The second-order valence-corrected chi connectivity index (χ2v) is 3.77. The van der Waals surface area contributed by atoms with Gasteiger partial charge in [0.05, 0.1) is 7.11 Å². The van der Waals surface area contributed by atoms with Crippen molar-refractivity contribution in [2.24, 2.45) is 0 Å². The van der Waals surface area contributed by atoms with E-state index < -0.39 is 5.97 Å². The Morgan fingerprint density at radius 3 is 2.68 bits per heavy atom. The van der Waals surface area contributed by atoms with Crippen molar-refractivity contribution in [1.29, 1.82) is 0 Å². The van der Waals surface area contributed by atoms with E-state index in [0.29, 0.717) is 12.4 Å². The number of carbonyl (C=O) groups is 1. The number of methoxy groups -OCH3 is 1. The van der Waals surface area contributed by atoms with Crippen LogP contribution in [-0.2, 0) is 6.54 Å². The Labute approximate surface area is 110 Å². The van der Waals surface area contributed by atoms with Gasteiger partial charge in [-0.15, -0.1) is 0 Å². The molecule has 0 aliphatic heterocycles. The maximum absolute atomic E-state index is 10.7. The van der Waals surface area contributed by atoms with Gasteiger partial charge in [0, 0.05) is 12.7 Å². The lowest BCUT2D eigenvalue weighted by atomic mass is 10.2. The van der Waals surface area contributed by atoms with E-state index in [1.54, 1.807) is 13.2 Å². The molecule has 0 saturated heterocycles. The van der Waals surface area contributed by atoms with Crippen molar-refractivity contribution in [3.63, 3.8) is 0 Å². The van der Waals surface area contributed by atoms with Crippen LogP contribution >= 0.6 is 0 Å². The minimum Gasteiger partial charge on any atom is -0.497 e. The second-order valence-electron chi connectivity index (χ2n) is 3.77. The smallest absolute Gasteiger partial charge is 0.374 e. The second kappa shape index (κ2) is 5.81. The van der Waals surface area contributed by atoms with Crippen LogP contribution in [-0.4, -0.2) is 28.2 Å². The Bertz CT molecular complexity index is 570. The van der Waals surface area contributed by atoms with E-state index in [1.807, 2.05) is 24.3 Å². The first kappa shape index (κ1) is 12.8. The highest BCUT2D eigenvalue weighted by molar-refractivity contribution is 5.83. The van der Waals surface area contributed by atoms with Crippen LogP contribution in [0, 0.1) is 0 Å². The van der Waals surface area contributed by atoms with Gasteiger partial charge in [0.1, 0.15) is 11.6 Å². The number of hydrogen-bond acceptors (Lipinski definition) is 5. The Morgan fingerprint density at radius 1 is 1.32 bits per heavy atom. The summed E-state index contributed by atoms with van der Waals surface area (Å²) in [5.41, 5.74) is 1.04. The zero-order chi connectivity index (χ0) is 13.7. The van der Waals surface area contributed by atoms with Gasteiger partial charge in [-0.05, 0) is 23.8 Å². The average molecular weight is 259 g/mol. The molecular formula is C13H13N3O3. The number of carboxylic acids is 1. The van der Waals surface area contributed by atoms with Crippen LogP contribution < -0.4 is 10.1 Å². The molecule has 2 rings (SSSR count). The lowest BCUT2D eigenvalue weighted by molar-refractivity contribution is 0.0683. The molecule has 0 spiro atoms. The molecule has 98 valence electrons. The lowest BCUT2D eigenvalue weighted by Crippen LogP contribution is -2.07. The highest BCUT2D eigenvalue weighted by atomic mass is 16.5. The summed E-state index contributed by atoms with van der Waals surface area (Å²) >= 11 is 0. The number of rotatable bonds is 5. The zero-order valence-electron chi connectivity index (χ0n) is 10.3. The van der Waals surface area contributed by atoms with Crippen LogP contribution in [0.3, 0.4) is 0 Å². The quantitative estimate of drug-likeness (QED) is 0.851. The fraction of sp³-hybridized carbons (Fsp3) is 0.154. The standard InChI is InChI=1S/C13H13N3O3/c1-19-10-4-2-9(3-5-10)8-15-11-6-7-14-12(16-11)13(17)18/h2-7H,8H2,1H3,(H,17,18)(H,14,15,16). The van der Waals surface area contributed by atoms with E-state index in [9.17, 15) is 4.79 Å². The van der Waals surface area contributed by atoms with Gasteiger partial charge in [0.15, 0.2) is 0 Å². The van der Waals surface area contributed by atoms with Crippen LogP contribution in [0.25, 0.3) is 0 Å². The molecule has 0 aliphatic rings. The normalized spacial score (nSPS) is 9.95. The summed E-state index contributed by atoms with van der Waals surface area (Å²) in [4.78, 5) is 18.3. The first-order chi connectivity index (χ1) is 9.19. The Hall–Kier alpha value is -2.63. The fourth-order valence-electron chi connectivity index (χ4n) is 1.50. The summed E-state index contributed by atoms with van der Waals surface area (Å²) in [6.07, 6.45) is 1.41. The molecule has 1 aromatic heterocycles. The van der Waals surface area contributed by atoms with E-state index in [2.05, 4.69) is 15.3 Å². The molecule has 0 atom stereocenters. The summed E-state index contributed by atoms with van der Waals surface area (Å²) in [6, 6.07) is 9.19. The first-order valence-electron chi connectivity index (χ1n) is 5.62. The van der Waals surface area contributed by atoms with Crippen molar-refractivity contribution < 1.29 is 14.6 Å². The van der Waals surface area contributed by atoms with Gasteiger partial charge in [-0.1, -0.05) is 12.1 Å². The number of aromatic nitrogens is 2. The van der Waals surface area contributed by atoms with Gasteiger partial charge in [-0.3, -0.25) is 0 Å². The topological polar surface area (TPSA) is 84.3 Å². The summed E-state index contributed by atoms with van der Waals surface area (Å²) < 4.78 is 5.07. The number of nitrogens with one attached hydrogen (secondary N) is 1. The maximum Gasteiger partial charge on any atom is 0.374 e. The molecule has 0 aliphatic carbocycles. The summed E-state index contributed by atoms with van der Waals surface area (Å²) in [6.45, 7) is 0.542. The van der Waals surface area contributed by atoms with E-state index in [-0.39, 0.29) is 5.82 Å². The van der Waals surface area contributed by atoms with Gasteiger partial charge in [-0.25, -0.2) is 14.8 Å². The largest absolute Gasteiger partial charge is 0.497 e. The molecule has 0 bridgehead atoms.